The van der Waals surface area contributed by atoms with Gasteiger partial charge in [0, 0.05) is 18.3 Å². The Hall–Kier alpha value is -2.67. The highest BCUT2D eigenvalue weighted by Gasteiger charge is 2.18. The molecule has 0 aliphatic heterocycles. The summed E-state index contributed by atoms with van der Waals surface area (Å²) in [7, 11) is 0. The Morgan fingerprint density at radius 3 is 2.76 bits per heavy atom. The predicted molar refractivity (Wildman–Crippen MR) is 99.0 cm³/mol. The minimum atomic E-state index is 0.236. The Morgan fingerprint density at radius 2 is 2.00 bits per heavy atom. The molecule has 0 spiro atoms. The van der Waals surface area contributed by atoms with Gasteiger partial charge >= 0.3 is 0 Å². The molecule has 4 rings (SSSR count). The van der Waals surface area contributed by atoms with Crippen molar-refractivity contribution in [2.45, 2.75) is 45.6 Å². The fourth-order valence-electron chi connectivity index (χ4n) is 3.95. The highest BCUT2D eigenvalue weighted by molar-refractivity contribution is 5.90. The quantitative estimate of drug-likeness (QED) is 0.689. The van der Waals surface area contributed by atoms with Gasteiger partial charge in [-0.1, -0.05) is 43.0 Å². The van der Waals surface area contributed by atoms with Crippen LogP contribution in [0.15, 0.2) is 36.5 Å². The van der Waals surface area contributed by atoms with Crippen molar-refractivity contribution in [1.29, 1.82) is 5.26 Å². The number of rotatable bonds is 3. The van der Waals surface area contributed by atoms with Crippen molar-refractivity contribution in [3.05, 3.63) is 47.9 Å². The lowest BCUT2D eigenvalue weighted by Crippen LogP contribution is -2.14. The molecule has 3 aromatic rings. The summed E-state index contributed by atoms with van der Waals surface area (Å²) in [6.07, 6.45) is 8.75. The molecule has 1 aliphatic carbocycles. The van der Waals surface area contributed by atoms with E-state index in [-0.39, 0.29) is 5.82 Å². The molecular weight excluding hydrogens is 308 g/mol. The van der Waals surface area contributed by atoms with E-state index in [1.807, 2.05) is 12.1 Å². The number of nitrogens with zero attached hydrogens (tertiary/aromatic N) is 4. The molecule has 1 saturated carbocycles. The number of aryl methyl sites for hydroxylation is 1. The van der Waals surface area contributed by atoms with Crippen LogP contribution in [0, 0.1) is 24.2 Å². The second-order valence-electron chi connectivity index (χ2n) is 7.08. The van der Waals surface area contributed by atoms with Gasteiger partial charge in [-0.3, -0.25) is 0 Å². The average Bonchev–Trinajstić information content (AvgIpc) is 3.04. The van der Waals surface area contributed by atoms with Crippen molar-refractivity contribution in [2.75, 3.05) is 0 Å². The van der Waals surface area contributed by atoms with Gasteiger partial charge in [0.1, 0.15) is 6.07 Å². The van der Waals surface area contributed by atoms with E-state index in [9.17, 15) is 5.26 Å². The Bertz CT molecular complexity index is 942. The fourth-order valence-corrected chi connectivity index (χ4v) is 3.95. The Balaban J connectivity index is 1.84. The van der Waals surface area contributed by atoms with Gasteiger partial charge in [0.15, 0.2) is 0 Å². The molecule has 2 aromatic heterocycles. The van der Waals surface area contributed by atoms with E-state index < -0.39 is 0 Å². The lowest BCUT2D eigenvalue weighted by Gasteiger charge is -2.22. The first-order chi connectivity index (χ1) is 12.2. The molecular formula is C21H22N4. The third kappa shape index (κ3) is 3.15. The van der Waals surface area contributed by atoms with Crippen LogP contribution < -0.4 is 0 Å². The molecule has 0 bridgehead atoms. The Morgan fingerprint density at radius 1 is 1.16 bits per heavy atom. The van der Waals surface area contributed by atoms with Gasteiger partial charge in [0.2, 0.25) is 5.82 Å². The predicted octanol–water partition coefficient (Wildman–Crippen LogP) is 4.86. The third-order valence-electron chi connectivity index (χ3n) is 5.18. The smallest absolute Gasteiger partial charge is 0.233 e. The lowest BCUT2D eigenvalue weighted by molar-refractivity contribution is 0.322. The van der Waals surface area contributed by atoms with Crippen LogP contribution in [0.3, 0.4) is 0 Å². The van der Waals surface area contributed by atoms with Gasteiger partial charge < -0.3 is 4.57 Å². The molecule has 2 heterocycles. The number of hydrogen-bond donors (Lipinski definition) is 0. The van der Waals surface area contributed by atoms with Crippen molar-refractivity contribution in [1.82, 2.24) is 14.5 Å². The molecule has 0 unspecified atom stereocenters. The fraction of sp³-hybridized carbons (Fsp3) is 0.381. The number of benzene rings is 1. The number of nitriles is 1. The normalized spacial score (nSPS) is 15.4. The van der Waals surface area contributed by atoms with Gasteiger partial charge in [-0.15, -0.1) is 0 Å². The summed E-state index contributed by atoms with van der Waals surface area (Å²) < 4.78 is 2.30. The lowest BCUT2D eigenvalue weighted by atomic mass is 9.89. The number of aromatic nitrogens is 3. The van der Waals surface area contributed by atoms with Crippen LogP contribution in [0.25, 0.3) is 22.3 Å². The van der Waals surface area contributed by atoms with Crippen molar-refractivity contribution in [3.8, 4) is 17.3 Å². The van der Waals surface area contributed by atoms with Gasteiger partial charge in [-0.05, 0) is 37.8 Å². The molecule has 0 saturated heterocycles. The van der Waals surface area contributed by atoms with E-state index in [4.69, 9.17) is 0 Å². The Kier molecular flexibility index (Phi) is 4.23. The van der Waals surface area contributed by atoms with Crippen molar-refractivity contribution in [3.63, 3.8) is 0 Å². The summed E-state index contributed by atoms with van der Waals surface area (Å²) in [6.45, 7) is 3.09. The summed E-state index contributed by atoms with van der Waals surface area (Å²) >= 11 is 0. The van der Waals surface area contributed by atoms with E-state index in [1.165, 1.54) is 37.7 Å². The van der Waals surface area contributed by atoms with E-state index >= 15 is 0 Å². The van der Waals surface area contributed by atoms with Crippen LogP contribution in [-0.4, -0.2) is 14.5 Å². The van der Waals surface area contributed by atoms with E-state index in [0.29, 0.717) is 0 Å². The van der Waals surface area contributed by atoms with Crippen molar-refractivity contribution in [2.24, 2.45) is 5.92 Å². The van der Waals surface area contributed by atoms with Crippen molar-refractivity contribution < 1.29 is 0 Å². The van der Waals surface area contributed by atoms with Gasteiger partial charge in [0.25, 0.3) is 0 Å². The van der Waals surface area contributed by atoms with E-state index in [2.05, 4.69) is 51.9 Å². The average molecular weight is 330 g/mol. The summed E-state index contributed by atoms with van der Waals surface area (Å²) in [6, 6.07) is 12.4. The largest absolute Gasteiger partial charge is 0.344 e. The van der Waals surface area contributed by atoms with Crippen LogP contribution >= 0.6 is 0 Å². The number of fused-ring (bicyclic) bond motifs is 1. The second kappa shape index (κ2) is 6.68. The van der Waals surface area contributed by atoms with Gasteiger partial charge in [-0.2, -0.15) is 5.26 Å². The monoisotopic (exact) mass is 330 g/mol. The summed E-state index contributed by atoms with van der Waals surface area (Å²) in [5, 5.41) is 9.31. The van der Waals surface area contributed by atoms with Crippen molar-refractivity contribution >= 4 is 11.0 Å². The second-order valence-corrected chi connectivity index (χ2v) is 7.08. The molecule has 0 N–H and O–H groups in total. The van der Waals surface area contributed by atoms with E-state index in [0.717, 1.165) is 34.8 Å². The standard InChI is InChI=1S/C21H22N4/c1-15-6-5-9-17(12-15)20-21-18(23-19(13-22)24-20)10-11-25(21)14-16-7-3-2-4-8-16/h5-6,9-12,16H,2-4,7-8,14H2,1H3. The first-order valence-electron chi connectivity index (χ1n) is 9.08. The number of hydrogen-bond acceptors (Lipinski definition) is 3. The van der Waals surface area contributed by atoms with Gasteiger partial charge in [0.05, 0.1) is 16.7 Å². The van der Waals surface area contributed by atoms with Crippen LogP contribution in [0.4, 0.5) is 0 Å². The zero-order chi connectivity index (χ0) is 17.2. The van der Waals surface area contributed by atoms with Crippen LogP contribution in [0.2, 0.25) is 0 Å². The maximum Gasteiger partial charge on any atom is 0.233 e. The molecule has 4 heteroatoms. The highest BCUT2D eigenvalue weighted by atomic mass is 15.0. The Labute approximate surface area is 148 Å². The van der Waals surface area contributed by atoms with Gasteiger partial charge in [-0.25, -0.2) is 9.97 Å². The maximum atomic E-state index is 9.31. The minimum absolute atomic E-state index is 0.236. The zero-order valence-corrected chi connectivity index (χ0v) is 14.6. The SMILES string of the molecule is Cc1cccc(-c2nc(C#N)nc3ccn(CC4CCCCC4)c23)c1. The summed E-state index contributed by atoms with van der Waals surface area (Å²) in [5.41, 5.74) is 5.01. The van der Waals surface area contributed by atoms with Crippen LogP contribution in [0.1, 0.15) is 43.5 Å². The summed E-state index contributed by atoms with van der Waals surface area (Å²) in [4.78, 5) is 8.99. The first kappa shape index (κ1) is 15.8. The van der Waals surface area contributed by atoms with Crippen LogP contribution in [0.5, 0.6) is 0 Å². The molecule has 1 aliphatic rings. The maximum absolute atomic E-state index is 9.31. The first-order valence-corrected chi connectivity index (χ1v) is 9.08. The minimum Gasteiger partial charge on any atom is -0.344 e. The summed E-state index contributed by atoms with van der Waals surface area (Å²) in [5.74, 6) is 0.963. The molecule has 0 atom stereocenters. The topological polar surface area (TPSA) is 54.5 Å². The molecule has 1 fully saturated rings. The van der Waals surface area contributed by atoms with Crippen LogP contribution in [-0.2, 0) is 6.54 Å². The highest BCUT2D eigenvalue weighted by Crippen LogP contribution is 2.31. The molecule has 0 amide bonds. The molecule has 1 aromatic carbocycles. The molecule has 126 valence electrons. The zero-order valence-electron chi connectivity index (χ0n) is 14.6. The molecule has 25 heavy (non-hydrogen) atoms. The molecule has 0 radical (unpaired) electrons. The van der Waals surface area contributed by atoms with E-state index in [1.54, 1.807) is 0 Å². The third-order valence-corrected chi connectivity index (χ3v) is 5.18. The molecule has 4 nitrogen and oxygen atoms in total.